The number of nitrogens with one attached hydrogen (secondary N) is 3. The normalized spacial score (nSPS) is 18.8. The molecule has 146 valence electrons. The Morgan fingerprint density at radius 2 is 2.00 bits per heavy atom. The van der Waals surface area contributed by atoms with Gasteiger partial charge in [-0.15, -0.1) is 12.4 Å². The minimum Gasteiger partial charge on any atom is -0.495 e. The fraction of sp³-hybridized carbons (Fsp3) is 0.562. The molecule has 1 aromatic rings. The van der Waals surface area contributed by atoms with Crippen molar-refractivity contribution in [2.75, 3.05) is 38.7 Å². The van der Waals surface area contributed by atoms with Crippen LogP contribution in [0, 0.1) is 5.41 Å². The van der Waals surface area contributed by atoms with Crippen molar-refractivity contribution >= 4 is 34.0 Å². The molecule has 1 aromatic carbocycles. The summed E-state index contributed by atoms with van der Waals surface area (Å²) in [6.45, 7) is 4.06. The summed E-state index contributed by atoms with van der Waals surface area (Å²) in [5.41, 5.74) is 0.321. The van der Waals surface area contributed by atoms with Crippen LogP contribution in [0.3, 0.4) is 0 Å². The van der Waals surface area contributed by atoms with Crippen molar-refractivity contribution in [1.82, 2.24) is 10.0 Å². The Morgan fingerprint density at radius 3 is 2.65 bits per heavy atom. The molecular weight excluding hydrogens is 382 g/mol. The maximum Gasteiger partial charge on any atom is 0.262 e. The average molecular weight is 406 g/mol. The molecule has 1 saturated heterocycles. The number of methoxy groups -OCH3 is 1. The van der Waals surface area contributed by atoms with E-state index in [1.165, 1.54) is 19.2 Å². The lowest BCUT2D eigenvalue weighted by atomic mass is 9.81. The van der Waals surface area contributed by atoms with Gasteiger partial charge < -0.3 is 20.1 Å². The SMILES string of the molecule is COc1cc2c(cc1S(=O)(=O)NCC1(C)CCNCC1)OCC(=O)N2.Cl. The summed E-state index contributed by atoms with van der Waals surface area (Å²) in [6, 6.07) is 2.86. The Morgan fingerprint density at radius 1 is 1.31 bits per heavy atom. The molecule has 0 atom stereocenters. The molecule has 10 heteroatoms. The highest BCUT2D eigenvalue weighted by molar-refractivity contribution is 7.89. The Bertz CT molecular complexity index is 778. The third kappa shape index (κ3) is 4.40. The number of piperidine rings is 1. The highest BCUT2D eigenvalue weighted by Crippen LogP contribution is 2.37. The Hall–Kier alpha value is -1.55. The van der Waals surface area contributed by atoms with E-state index in [2.05, 4.69) is 22.3 Å². The van der Waals surface area contributed by atoms with E-state index in [0.717, 1.165) is 25.9 Å². The topological polar surface area (TPSA) is 106 Å². The second-order valence-corrected chi connectivity index (χ2v) is 8.46. The summed E-state index contributed by atoms with van der Waals surface area (Å²) in [6.07, 6.45) is 1.82. The van der Waals surface area contributed by atoms with Crippen LogP contribution in [0.4, 0.5) is 5.69 Å². The van der Waals surface area contributed by atoms with Gasteiger partial charge in [0.05, 0.1) is 12.8 Å². The monoisotopic (exact) mass is 405 g/mol. The maximum atomic E-state index is 12.8. The lowest BCUT2D eigenvalue weighted by Crippen LogP contribution is -2.42. The van der Waals surface area contributed by atoms with Crippen molar-refractivity contribution < 1.29 is 22.7 Å². The predicted octanol–water partition coefficient (Wildman–Crippen LogP) is 1.12. The van der Waals surface area contributed by atoms with Crippen LogP contribution in [0.15, 0.2) is 17.0 Å². The number of hydrogen-bond acceptors (Lipinski definition) is 6. The van der Waals surface area contributed by atoms with Crippen molar-refractivity contribution in [2.24, 2.45) is 5.41 Å². The summed E-state index contributed by atoms with van der Waals surface area (Å²) >= 11 is 0. The lowest BCUT2D eigenvalue weighted by molar-refractivity contribution is -0.118. The van der Waals surface area contributed by atoms with Gasteiger partial charge in [0.15, 0.2) is 6.61 Å². The molecule has 26 heavy (non-hydrogen) atoms. The summed E-state index contributed by atoms with van der Waals surface area (Å²) in [5, 5.41) is 5.91. The zero-order valence-electron chi connectivity index (χ0n) is 14.8. The number of sulfonamides is 1. The van der Waals surface area contributed by atoms with Gasteiger partial charge in [0.2, 0.25) is 10.0 Å². The van der Waals surface area contributed by atoms with Crippen LogP contribution in [-0.2, 0) is 14.8 Å². The molecule has 0 unspecified atom stereocenters. The second kappa shape index (κ2) is 7.99. The highest BCUT2D eigenvalue weighted by atomic mass is 35.5. The lowest BCUT2D eigenvalue weighted by Gasteiger charge is -2.34. The minimum atomic E-state index is -3.78. The molecule has 0 aromatic heterocycles. The van der Waals surface area contributed by atoms with Gasteiger partial charge in [-0.25, -0.2) is 13.1 Å². The van der Waals surface area contributed by atoms with Gasteiger partial charge in [0, 0.05) is 18.7 Å². The standard InChI is InChI=1S/C16H23N3O5S.ClH/c1-16(3-5-17-6-4-16)10-18-25(21,22)14-8-12-11(7-13(14)23-2)19-15(20)9-24-12;/h7-8,17-18H,3-6,9-10H2,1-2H3,(H,19,20);1H. The Balaban J connectivity index is 0.00000243. The molecule has 2 aliphatic rings. The van der Waals surface area contributed by atoms with Gasteiger partial charge >= 0.3 is 0 Å². The first-order valence-corrected chi connectivity index (χ1v) is 9.66. The molecule has 2 aliphatic heterocycles. The molecule has 3 N–H and O–H groups in total. The Labute approximate surface area is 159 Å². The Kier molecular flexibility index (Phi) is 6.38. The van der Waals surface area contributed by atoms with E-state index in [9.17, 15) is 13.2 Å². The second-order valence-electron chi connectivity index (χ2n) is 6.72. The van der Waals surface area contributed by atoms with Gasteiger partial charge in [0.25, 0.3) is 5.91 Å². The molecule has 0 radical (unpaired) electrons. The van der Waals surface area contributed by atoms with Gasteiger partial charge in [-0.2, -0.15) is 0 Å². The van der Waals surface area contributed by atoms with E-state index >= 15 is 0 Å². The van der Waals surface area contributed by atoms with Gasteiger partial charge in [-0.1, -0.05) is 6.92 Å². The largest absolute Gasteiger partial charge is 0.495 e. The number of carbonyl (C=O) groups is 1. The summed E-state index contributed by atoms with van der Waals surface area (Å²) in [7, 11) is -2.39. The molecule has 8 nitrogen and oxygen atoms in total. The number of halogens is 1. The summed E-state index contributed by atoms with van der Waals surface area (Å²) < 4.78 is 38.8. The first kappa shape index (κ1) is 20.8. The van der Waals surface area contributed by atoms with E-state index < -0.39 is 10.0 Å². The van der Waals surface area contributed by atoms with E-state index in [-0.39, 0.29) is 41.0 Å². The highest BCUT2D eigenvalue weighted by Gasteiger charge is 2.31. The van der Waals surface area contributed by atoms with Crippen LogP contribution in [0.5, 0.6) is 11.5 Å². The third-order valence-electron chi connectivity index (χ3n) is 4.69. The fourth-order valence-corrected chi connectivity index (χ4v) is 4.37. The molecule has 0 saturated carbocycles. The zero-order valence-corrected chi connectivity index (χ0v) is 16.4. The number of carbonyl (C=O) groups excluding carboxylic acids is 1. The third-order valence-corrected chi connectivity index (χ3v) is 6.11. The van der Waals surface area contributed by atoms with Crippen LogP contribution in [0.2, 0.25) is 0 Å². The molecule has 2 heterocycles. The van der Waals surface area contributed by atoms with Crippen LogP contribution < -0.4 is 24.8 Å². The van der Waals surface area contributed by atoms with Gasteiger partial charge in [0.1, 0.15) is 16.4 Å². The number of ether oxygens (including phenoxy) is 2. The fourth-order valence-electron chi connectivity index (χ4n) is 3.01. The first-order chi connectivity index (χ1) is 11.8. The number of anilines is 1. The van der Waals surface area contributed by atoms with Crippen molar-refractivity contribution in [3.8, 4) is 11.5 Å². The first-order valence-electron chi connectivity index (χ1n) is 8.18. The molecule has 0 bridgehead atoms. The average Bonchev–Trinajstić information content (AvgIpc) is 2.59. The van der Waals surface area contributed by atoms with Crippen LogP contribution in [-0.4, -0.2) is 47.7 Å². The molecular formula is C16H24ClN3O5S. The number of fused-ring (bicyclic) bond motifs is 1. The zero-order chi connectivity index (χ0) is 18.1. The van der Waals surface area contributed by atoms with E-state index in [1.807, 2.05) is 0 Å². The quantitative estimate of drug-likeness (QED) is 0.677. The summed E-state index contributed by atoms with van der Waals surface area (Å²) in [4.78, 5) is 11.4. The van der Waals surface area contributed by atoms with Crippen LogP contribution >= 0.6 is 12.4 Å². The number of amides is 1. The number of rotatable bonds is 5. The smallest absolute Gasteiger partial charge is 0.262 e. The van der Waals surface area contributed by atoms with Crippen molar-refractivity contribution in [2.45, 2.75) is 24.7 Å². The predicted molar refractivity (Wildman–Crippen MR) is 99.8 cm³/mol. The summed E-state index contributed by atoms with van der Waals surface area (Å²) in [5.74, 6) is 0.184. The van der Waals surface area contributed by atoms with E-state index in [1.54, 1.807) is 0 Å². The number of hydrogen-bond donors (Lipinski definition) is 3. The molecule has 1 fully saturated rings. The molecule has 0 spiro atoms. The van der Waals surface area contributed by atoms with Crippen molar-refractivity contribution in [1.29, 1.82) is 0 Å². The maximum absolute atomic E-state index is 12.8. The van der Waals surface area contributed by atoms with E-state index in [0.29, 0.717) is 18.0 Å². The molecule has 3 rings (SSSR count). The van der Waals surface area contributed by atoms with Crippen LogP contribution in [0.1, 0.15) is 19.8 Å². The molecule has 0 aliphatic carbocycles. The van der Waals surface area contributed by atoms with Crippen molar-refractivity contribution in [3.05, 3.63) is 12.1 Å². The van der Waals surface area contributed by atoms with Gasteiger partial charge in [-0.05, 0) is 31.3 Å². The van der Waals surface area contributed by atoms with E-state index in [4.69, 9.17) is 9.47 Å². The van der Waals surface area contributed by atoms with Gasteiger partial charge in [-0.3, -0.25) is 4.79 Å². The minimum absolute atomic E-state index is 0. The molecule has 1 amide bonds. The van der Waals surface area contributed by atoms with Crippen molar-refractivity contribution in [3.63, 3.8) is 0 Å². The number of benzene rings is 1. The van der Waals surface area contributed by atoms with Crippen LogP contribution in [0.25, 0.3) is 0 Å².